The van der Waals surface area contributed by atoms with Crippen LogP contribution in [-0.2, 0) is 6.54 Å². The first-order chi connectivity index (χ1) is 3.93. The molecule has 8 heavy (non-hydrogen) atoms. The molecule has 0 unspecified atom stereocenters. The summed E-state index contributed by atoms with van der Waals surface area (Å²) in [5, 5.41) is 15.5. The van der Waals surface area contributed by atoms with Crippen molar-refractivity contribution in [1.82, 2.24) is 15.0 Å². The van der Waals surface area contributed by atoms with Crippen LogP contribution in [0.4, 0.5) is 0 Å². The number of rotatable bonds is 1. The minimum absolute atomic E-state index is 0.229. The fourth-order valence-corrected chi connectivity index (χ4v) is 0.388. The van der Waals surface area contributed by atoms with Crippen molar-refractivity contribution >= 4 is 0 Å². The predicted molar refractivity (Wildman–Crippen MR) is 25.6 cm³/mol. The Labute approximate surface area is 46.3 Å². The predicted octanol–water partition coefficient (Wildman–Crippen LogP) is -0.198. The highest BCUT2D eigenvalue weighted by Crippen LogP contribution is 1.73. The van der Waals surface area contributed by atoms with Crippen molar-refractivity contribution in [3.8, 4) is 6.07 Å². The molecule has 0 aromatic carbocycles. The summed E-state index contributed by atoms with van der Waals surface area (Å²) >= 11 is 0. The number of aromatic nitrogens is 3. The maximum absolute atomic E-state index is 8.09. The molecule has 0 radical (unpaired) electrons. The van der Waals surface area contributed by atoms with Crippen LogP contribution in [0.1, 0.15) is 0 Å². The summed E-state index contributed by atoms with van der Waals surface area (Å²) in [6.45, 7) is 0.229. The number of nitrogens with zero attached hydrogens (tertiary/aromatic N) is 4. The molecule has 40 valence electrons. The molecule has 0 fully saturated rings. The summed E-state index contributed by atoms with van der Waals surface area (Å²) in [4.78, 5) is 1.32. The van der Waals surface area contributed by atoms with E-state index in [1.54, 1.807) is 0 Å². The van der Waals surface area contributed by atoms with E-state index in [4.69, 9.17) is 5.26 Å². The largest absolute Gasteiger partial charge is 0.196 e. The quantitative estimate of drug-likeness (QED) is 0.500. The topological polar surface area (TPSA) is 54.5 Å². The van der Waals surface area contributed by atoms with E-state index < -0.39 is 0 Å². The molecule has 1 rings (SSSR count). The van der Waals surface area contributed by atoms with Gasteiger partial charge in [0.15, 0.2) is 0 Å². The van der Waals surface area contributed by atoms with Crippen molar-refractivity contribution in [2.24, 2.45) is 0 Å². The average Bonchev–Trinajstić information content (AvgIpc) is 2.19. The maximum atomic E-state index is 8.09. The van der Waals surface area contributed by atoms with Crippen molar-refractivity contribution < 1.29 is 0 Å². The van der Waals surface area contributed by atoms with Gasteiger partial charge in [-0.05, 0) is 0 Å². The molecule has 0 atom stereocenters. The van der Waals surface area contributed by atoms with Gasteiger partial charge in [0.1, 0.15) is 6.54 Å². The van der Waals surface area contributed by atoms with E-state index in [1.165, 1.54) is 17.2 Å². The van der Waals surface area contributed by atoms with Crippen LogP contribution in [0.15, 0.2) is 12.4 Å². The second-order valence-corrected chi connectivity index (χ2v) is 1.22. The third-order valence-electron chi connectivity index (χ3n) is 0.679. The van der Waals surface area contributed by atoms with E-state index in [-0.39, 0.29) is 6.54 Å². The van der Waals surface area contributed by atoms with Crippen LogP contribution in [0.25, 0.3) is 0 Å². The van der Waals surface area contributed by atoms with Crippen LogP contribution >= 0.6 is 0 Å². The van der Waals surface area contributed by atoms with Gasteiger partial charge in [0.2, 0.25) is 0 Å². The third-order valence-corrected chi connectivity index (χ3v) is 0.679. The average molecular weight is 108 g/mol. The van der Waals surface area contributed by atoms with Crippen LogP contribution in [0, 0.1) is 11.3 Å². The minimum atomic E-state index is 0.229. The fraction of sp³-hybridized carbons (Fsp3) is 0.250. The van der Waals surface area contributed by atoms with Gasteiger partial charge in [-0.25, -0.2) is 0 Å². The van der Waals surface area contributed by atoms with Gasteiger partial charge < -0.3 is 0 Å². The van der Waals surface area contributed by atoms with Gasteiger partial charge in [-0.2, -0.15) is 20.3 Å². The van der Waals surface area contributed by atoms with Crippen molar-refractivity contribution in [2.45, 2.75) is 6.54 Å². The molecule has 1 aromatic rings. The minimum Gasteiger partial charge on any atom is -0.196 e. The van der Waals surface area contributed by atoms with E-state index in [0.29, 0.717) is 0 Å². The molecule has 0 aliphatic heterocycles. The highest BCUT2D eigenvalue weighted by Gasteiger charge is 1.83. The van der Waals surface area contributed by atoms with Crippen molar-refractivity contribution in [1.29, 1.82) is 5.26 Å². The molecule has 0 N–H and O–H groups in total. The van der Waals surface area contributed by atoms with E-state index in [9.17, 15) is 0 Å². The molecule has 0 saturated carbocycles. The van der Waals surface area contributed by atoms with Gasteiger partial charge in [-0.3, -0.25) is 0 Å². The Morgan fingerprint density at radius 2 is 2.12 bits per heavy atom. The van der Waals surface area contributed by atoms with Gasteiger partial charge in [-0.1, -0.05) is 0 Å². The van der Waals surface area contributed by atoms with Gasteiger partial charge in [0.05, 0.1) is 18.5 Å². The van der Waals surface area contributed by atoms with Crippen LogP contribution in [0.5, 0.6) is 0 Å². The molecule has 1 aromatic heterocycles. The second-order valence-electron chi connectivity index (χ2n) is 1.22. The van der Waals surface area contributed by atoms with Gasteiger partial charge >= 0.3 is 0 Å². The third kappa shape index (κ3) is 0.819. The van der Waals surface area contributed by atoms with Crippen LogP contribution < -0.4 is 0 Å². The lowest BCUT2D eigenvalue weighted by molar-refractivity contribution is 0.608. The SMILES string of the molecule is N#CCn1nccn1. The van der Waals surface area contributed by atoms with E-state index in [1.807, 2.05) is 6.07 Å². The summed E-state index contributed by atoms with van der Waals surface area (Å²) < 4.78 is 0. The Hall–Kier alpha value is -1.37. The Kier molecular flexibility index (Phi) is 1.24. The second kappa shape index (κ2) is 2.07. The lowest BCUT2D eigenvalue weighted by Crippen LogP contribution is -1.98. The molecule has 0 saturated heterocycles. The molecule has 0 amide bonds. The highest BCUT2D eigenvalue weighted by atomic mass is 15.5. The number of nitriles is 1. The maximum Gasteiger partial charge on any atom is 0.147 e. The first-order valence-electron chi connectivity index (χ1n) is 2.14. The van der Waals surface area contributed by atoms with Crippen LogP contribution in [0.3, 0.4) is 0 Å². The van der Waals surface area contributed by atoms with Gasteiger partial charge in [-0.15, -0.1) is 0 Å². The standard InChI is InChI=1S/C4H4N4/c5-1-4-8-6-2-3-7-8/h2-3H,4H2. The number of hydrogen-bond donors (Lipinski definition) is 0. The summed E-state index contributed by atoms with van der Waals surface area (Å²) in [5.41, 5.74) is 0. The summed E-state index contributed by atoms with van der Waals surface area (Å²) in [7, 11) is 0. The van der Waals surface area contributed by atoms with E-state index >= 15 is 0 Å². The molecular weight excluding hydrogens is 104 g/mol. The normalized spacial score (nSPS) is 8.38. The molecule has 4 nitrogen and oxygen atoms in total. The lowest BCUT2D eigenvalue weighted by Gasteiger charge is -1.83. The molecule has 4 heteroatoms. The smallest absolute Gasteiger partial charge is 0.147 e. The summed E-state index contributed by atoms with van der Waals surface area (Å²) in [6, 6.07) is 1.91. The van der Waals surface area contributed by atoms with Crippen LogP contribution in [0.2, 0.25) is 0 Å². The summed E-state index contributed by atoms with van der Waals surface area (Å²) in [6.07, 6.45) is 3.08. The van der Waals surface area contributed by atoms with E-state index in [0.717, 1.165) is 0 Å². The Bertz CT molecular complexity index is 182. The molecule has 0 spiro atoms. The molecular formula is C4H4N4. The number of hydrogen-bond acceptors (Lipinski definition) is 3. The van der Waals surface area contributed by atoms with E-state index in [2.05, 4.69) is 10.2 Å². The van der Waals surface area contributed by atoms with Gasteiger partial charge in [0, 0.05) is 0 Å². The zero-order valence-corrected chi connectivity index (χ0v) is 4.15. The van der Waals surface area contributed by atoms with Gasteiger partial charge in [0.25, 0.3) is 0 Å². The zero-order chi connectivity index (χ0) is 5.82. The lowest BCUT2D eigenvalue weighted by atomic mass is 10.8. The van der Waals surface area contributed by atoms with Crippen molar-refractivity contribution in [3.05, 3.63) is 12.4 Å². The Morgan fingerprint density at radius 1 is 1.50 bits per heavy atom. The summed E-state index contributed by atoms with van der Waals surface area (Å²) in [5.74, 6) is 0. The zero-order valence-electron chi connectivity index (χ0n) is 4.15. The molecule has 0 aliphatic rings. The fourth-order valence-electron chi connectivity index (χ4n) is 0.388. The first kappa shape index (κ1) is 4.78. The first-order valence-corrected chi connectivity index (χ1v) is 2.14. The molecule has 0 bridgehead atoms. The van der Waals surface area contributed by atoms with Crippen molar-refractivity contribution in [3.63, 3.8) is 0 Å². The molecule has 1 heterocycles. The Balaban J connectivity index is 2.67. The Morgan fingerprint density at radius 3 is 2.62 bits per heavy atom. The van der Waals surface area contributed by atoms with Crippen LogP contribution in [-0.4, -0.2) is 15.0 Å². The highest BCUT2D eigenvalue weighted by molar-refractivity contribution is 4.69. The monoisotopic (exact) mass is 108 g/mol. The van der Waals surface area contributed by atoms with Crippen molar-refractivity contribution in [2.75, 3.05) is 0 Å². The molecule has 0 aliphatic carbocycles.